The molecule has 1 N–H and O–H groups in total. The van der Waals surface area contributed by atoms with Gasteiger partial charge >= 0.3 is 0 Å². The summed E-state index contributed by atoms with van der Waals surface area (Å²) in [6.07, 6.45) is 4.53. The zero-order chi connectivity index (χ0) is 17.6. The lowest BCUT2D eigenvalue weighted by molar-refractivity contribution is -0.708. The second-order valence-electron chi connectivity index (χ2n) is 6.28. The number of rotatable bonds is 5. The Balaban J connectivity index is 0.00000243. The van der Waals surface area contributed by atoms with E-state index < -0.39 is 0 Å². The number of aryl methyl sites for hydroxylation is 2. The Kier molecular flexibility index (Phi) is 6.93. The number of hydrogen-bond donors (Lipinski definition) is 1. The van der Waals surface area contributed by atoms with Gasteiger partial charge in [-0.05, 0) is 30.5 Å². The van der Waals surface area contributed by atoms with Gasteiger partial charge in [-0.1, -0.05) is 54.6 Å². The highest BCUT2D eigenvalue weighted by molar-refractivity contribution is 5.94. The highest BCUT2D eigenvalue weighted by Gasteiger charge is 2.28. The summed E-state index contributed by atoms with van der Waals surface area (Å²) >= 11 is 0. The number of halogens is 1. The molecule has 3 nitrogen and oxygen atoms in total. The van der Waals surface area contributed by atoms with Crippen molar-refractivity contribution in [2.75, 3.05) is 5.32 Å². The van der Waals surface area contributed by atoms with Crippen LogP contribution in [0.2, 0.25) is 0 Å². The molecule has 3 rings (SSSR count). The number of carbonyl (C=O) groups is 1. The minimum Gasteiger partial charge on any atom is -1.00 e. The molecular weight excluding hydrogens is 344 g/mol. The van der Waals surface area contributed by atoms with Crippen LogP contribution in [-0.2, 0) is 11.2 Å². The Hall–Kier alpha value is -2.65. The second kappa shape index (κ2) is 9.16. The fraction of sp³-hybridized carbons (Fsp3) is 0.182. The molecule has 134 valence electrons. The Morgan fingerprint density at radius 3 is 2.08 bits per heavy atom. The average Bonchev–Trinajstić information content (AvgIpc) is 2.64. The van der Waals surface area contributed by atoms with Crippen molar-refractivity contribution in [3.63, 3.8) is 0 Å². The standard InChI is InChI=1S/C22H22N2O.ClH/c1-17-10-9-11-18(2)21(17)23-22(25)20(24-14-7-4-8-15-24)16-19-12-5-3-6-13-19;/h3-15,20H,16H2,1-2H3;1H. The number of benzene rings is 2. The molecule has 1 heterocycles. The van der Waals surface area contributed by atoms with Gasteiger partial charge in [0.15, 0.2) is 12.4 Å². The Morgan fingerprint density at radius 1 is 0.885 bits per heavy atom. The maximum atomic E-state index is 13.1. The molecule has 0 radical (unpaired) electrons. The van der Waals surface area contributed by atoms with Crippen molar-refractivity contribution in [2.45, 2.75) is 26.3 Å². The van der Waals surface area contributed by atoms with Gasteiger partial charge in [-0.25, -0.2) is 0 Å². The Labute approximate surface area is 161 Å². The van der Waals surface area contributed by atoms with E-state index >= 15 is 0 Å². The number of pyridine rings is 1. The first-order valence-corrected chi connectivity index (χ1v) is 8.52. The lowest BCUT2D eigenvalue weighted by Gasteiger charge is -2.16. The van der Waals surface area contributed by atoms with E-state index in [-0.39, 0.29) is 24.4 Å². The van der Waals surface area contributed by atoms with Crippen LogP contribution in [0, 0.1) is 13.8 Å². The van der Waals surface area contributed by atoms with Gasteiger partial charge in [0.2, 0.25) is 6.04 Å². The number of nitrogens with zero attached hydrogens (tertiary/aromatic N) is 1. The molecule has 1 atom stereocenters. The van der Waals surface area contributed by atoms with Crippen molar-refractivity contribution >= 4 is 11.6 Å². The van der Waals surface area contributed by atoms with Crippen LogP contribution in [0.4, 0.5) is 5.69 Å². The van der Waals surface area contributed by atoms with Gasteiger partial charge in [-0.2, -0.15) is 4.57 Å². The van der Waals surface area contributed by atoms with E-state index in [1.807, 2.05) is 85.4 Å². The van der Waals surface area contributed by atoms with Crippen LogP contribution in [0.3, 0.4) is 0 Å². The normalized spacial score (nSPS) is 11.3. The fourth-order valence-corrected chi connectivity index (χ4v) is 3.01. The SMILES string of the molecule is Cc1cccc(C)c1NC(=O)C(Cc1ccccc1)[n+]1ccccc1.[Cl-]. The maximum absolute atomic E-state index is 13.1. The van der Waals surface area contributed by atoms with Crippen molar-refractivity contribution in [1.82, 2.24) is 0 Å². The molecule has 0 saturated carbocycles. The molecule has 1 unspecified atom stereocenters. The van der Waals surface area contributed by atoms with Gasteiger partial charge < -0.3 is 17.7 Å². The summed E-state index contributed by atoms with van der Waals surface area (Å²) in [6.45, 7) is 4.04. The fourth-order valence-electron chi connectivity index (χ4n) is 3.01. The highest BCUT2D eigenvalue weighted by Crippen LogP contribution is 2.21. The predicted molar refractivity (Wildman–Crippen MR) is 100 cm³/mol. The number of hydrogen-bond acceptors (Lipinski definition) is 1. The molecule has 0 aliphatic carbocycles. The van der Waals surface area contributed by atoms with E-state index in [1.54, 1.807) is 0 Å². The van der Waals surface area contributed by atoms with Crippen LogP contribution < -0.4 is 22.3 Å². The summed E-state index contributed by atoms with van der Waals surface area (Å²) in [5, 5.41) is 3.14. The van der Waals surface area contributed by atoms with Gasteiger partial charge in [0, 0.05) is 24.2 Å². The van der Waals surface area contributed by atoms with Gasteiger partial charge in [-0.15, -0.1) is 0 Å². The van der Waals surface area contributed by atoms with Crippen LogP contribution >= 0.6 is 0 Å². The molecule has 2 aromatic carbocycles. The summed E-state index contributed by atoms with van der Waals surface area (Å²) < 4.78 is 1.97. The number of nitrogens with one attached hydrogen (secondary N) is 1. The molecule has 0 spiro atoms. The second-order valence-corrected chi connectivity index (χ2v) is 6.28. The average molecular weight is 367 g/mol. The summed E-state index contributed by atoms with van der Waals surface area (Å²) in [6, 6.07) is 21.7. The maximum Gasteiger partial charge on any atom is 0.293 e. The smallest absolute Gasteiger partial charge is 0.293 e. The van der Waals surface area contributed by atoms with Crippen LogP contribution in [0.15, 0.2) is 79.1 Å². The molecule has 3 aromatic rings. The van der Waals surface area contributed by atoms with Gasteiger partial charge in [0.25, 0.3) is 5.91 Å². The highest BCUT2D eigenvalue weighted by atomic mass is 35.5. The third-order valence-corrected chi connectivity index (χ3v) is 4.40. The molecule has 1 amide bonds. The van der Waals surface area contributed by atoms with Gasteiger partial charge in [-0.3, -0.25) is 4.79 Å². The van der Waals surface area contributed by atoms with Crippen LogP contribution in [0.25, 0.3) is 0 Å². The van der Waals surface area contributed by atoms with Gasteiger partial charge in [0.05, 0.1) is 0 Å². The summed E-state index contributed by atoms with van der Waals surface area (Å²) in [5.74, 6) is -0.00236. The molecule has 0 saturated heterocycles. The van der Waals surface area contributed by atoms with Crippen molar-refractivity contribution < 1.29 is 21.8 Å². The van der Waals surface area contributed by atoms with E-state index in [2.05, 4.69) is 17.4 Å². The first kappa shape index (κ1) is 19.7. The zero-order valence-electron chi connectivity index (χ0n) is 15.0. The number of amides is 1. The third kappa shape index (κ3) is 4.70. The minimum absolute atomic E-state index is 0. The van der Waals surface area contributed by atoms with Crippen LogP contribution in [0.1, 0.15) is 22.7 Å². The summed E-state index contributed by atoms with van der Waals surface area (Å²) in [7, 11) is 0. The van der Waals surface area contributed by atoms with E-state index in [4.69, 9.17) is 0 Å². The van der Waals surface area contributed by atoms with Crippen LogP contribution in [0.5, 0.6) is 0 Å². The molecular formula is C22H23ClN2O. The molecule has 0 fully saturated rings. The predicted octanol–water partition coefficient (Wildman–Crippen LogP) is 1.02. The molecule has 0 aliphatic heterocycles. The summed E-state index contributed by atoms with van der Waals surface area (Å²) in [5.41, 5.74) is 4.19. The Bertz CT molecular complexity index is 830. The number of carbonyl (C=O) groups excluding carboxylic acids is 1. The molecule has 0 aliphatic rings. The lowest BCUT2D eigenvalue weighted by atomic mass is 10.0. The number of anilines is 1. The first-order valence-electron chi connectivity index (χ1n) is 8.52. The third-order valence-electron chi connectivity index (χ3n) is 4.40. The van der Waals surface area contributed by atoms with Gasteiger partial charge in [0.1, 0.15) is 0 Å². The number of para-hydroxylation sites is 1. The molecule has 1 aromatic heterocycles. The molecule has 0 bridgehead atoms. The van der Waals surface area contributed by atoms with Crippen molar-refractivity contribution in [2.24, 2.45) is 0 Å². The topological polar surface area (TPSA) is 33.0 Å². The van der Waals surface area contributed by atoms with Crippen molar-refractivity contribution in [3.8, 4) is 0 Å². The van der Waals surface area contributed by atoms with E-state index in [0.717, 1.165) is 22.4 Å². The monoisotopic (exact) mass is 366 g/mol. The lowest BCUT2D eigenvalue weighted by Crippen LogP contribution is -3.00. The zero-order valence-corrected chi connectivity index (χ0v) is 15.8. The quantitative estimate of drug-likeness (QED) is 0.672. The van der Waals surface area contributed by atoms with Crippen LogP contribution in [-0.4, -0.2) is 5.91 Å². The first-order chi connectivity index (χ1) is 12.1. The Morgan fingerprint density at radius 2 is 1.46 bits per heavy atom. The number of aromatic nitrogens is 1. The largest absolute Gasteiger partial charge is 1.00 e. The van der Waals surface area contributed by atoms with Crippen molar-refractivity contribution in [3.05, 3.63) is 95.8 Å². The van der Waals surface area contributed by atoms with Crippen molar-refractivity contribution in [1.29, 1.82) is 0 Å². The van der Waals surface area contributed by atoms with E-state index in [9.17, 15) is 4.79 Å². The van der Waals surface area contributed by atoms with E-state index in [0.29, 0.717) is 6.42 Å². The molecule has 4 heteroatoms. The minimum atomic E-state index is -0.303. The van der Waals surface area contributed by atoms with E-state index in [1.165, 1.54) is 0 Å². The summed E-state index contributed by atoms with van der Waals surface area (Å²) in [4.78, 5) is 13.1. The molecule has 26 heavy (non-hydrogen) atoms.